The molecule has 1 aliphatic rings. The Morgan fingerprint density at radius 2 is 2.00 bits per heavy atom. The molecule has 0 N–H and O–H groups in total. The Kier molecular flexibility index (Phi) is 2.26. The number of hydrogen-bond acceptors (Lipinski definition) is 1. The number of nitrogens with zero attached hydrogens (tertiary/aromatic N) is 1. The van der Waals surface area contributed by atoms with Crippen LogP contribution in [0.1, 0.15) is 27.2 Å². The highest BCUT2D eigenvalue weighted by molar-refractivity contribution is 4.92. The molecule has 1 aliphatic heterocycles. The summed E-state index contributed by atoms with van der Waals surface area (Å²) in [6.07, 6.45) is 0.447. The monoisotopic (exact) mass is 156 g/mol. The molecule has 1 heterocycles. The third-order valence-corrected chi connectivity index (χ3v) is 3.40. The van der Waals surface area contributed by atoms with Crippen LogP contribution in [0.3, 0.4) is 0 Å². The van der Waals surface area contributed by atoms with Gasteiger partial charge in [-0.15, -0.1) is 0 Å². The molecule has 0 spiro atoms. The van der Waals surface area contributed by atoms with Crippen molar-refractivity contribution in [1.82, 2.24) is 4.90 Å². The average molecular weight is 156 g/mol. The maximum atomic E-state index is 11.4. The van der Waals surface area contributed by atoms with Crippen LogP contribution in [0.4, 0.5) is 0 Å². The fourth-order valence-electron chi connectivity index (χ4n) is 1.66. The minimum absolute atomic E-state index is 0.0880. The van der Waals surface area contributed by atoms with Crippen molar-refractivity contribution >= 4 is 0 Å². The molecular weight excluding hydrogens is 138 g/mol. The zero-order valence-electron chi connectivity index (χ0n) is 7.92. The van der Waals surface area contributed by atoms with Gasteiger partial charge in [0.1, 0.15) is 0 Å². The van der Waals surface area contributed by atoms with Crippen LogP contribution >= 0.6 is 0 Å². The Bertz CT molecular complexity index is 144. The van der Waals surface area contributed by atoms with E-state index in [0.717, 1.165) is 13.0 Å². The van der Waals surface area contributed by atoms with Crippen LogP contribution in [0, 0.1) is 5.92 Å². The van der Waals surface area contributed by atoms with Crippen molar-refractivity contribution in [2.45, 2.75) is 38.8 Å². The zero-order chi connectivity index (χ0) is 8.65. The Morgan fingerprint density at radius 1 is 1.45 bits per heavy atom. The van der Waals surface area contributed by atoms with Gasteiger partial charge in [0, 0.05) is 18.0 Å². The summed E-state index contributed by atoms with van der Waals surface area (Å²) >= 11 is 0. The third kappa shape index (κ3) is 1.42. The fraction of sp³-hybridized carbons (Fsp3) is 1.00. The van der Waals surface area contributed by atoms with E-state index < -0.39 is 0 Å². The third-order valence-electron chi connectivity index (χ3n) is 3.40. The van der Waals surface area contributed by atoms with Crippen molar-refractivity contribution in [2.24, 2.45) is 5.92 Å². The van der Waals surface area contributed by atoms with Crippen molar-refractivity contribution in [3.05, 3.63) is 0 Å². The molecule has 0 saturated carbocycles. The molecule has 2 nitrogen and oxygen atoms in total. The number of piperidine rings is 1. The molecule has 2 unspecified atom stereocenters. The molecule has 1 saturated heterocycles. The summed E-state index contributed by atoms with van der Waals surface area (Å²) < 4.78 is 0. The molecule has 0 bridgehead atoms. The lowest BCUT2D eigenvalue weighted by Crippen LogP contribution is -2.55. The van der Waals surface area contributed by atoms with Crippen LogP contribution in [0.15, 0.2) is 0 Å². The Morgan fingerprint density at radius 3 is 2.45 bits per heavy atom. The van der Waals surface area contributed by atoms with Crippen molar-refractivity contribution < 1.29 is 5.11 Å². The minimum atomic E-state index is -0.360. The lowest BCUT2D eigenvalue weighted by molar-refractivity contribution is -0.0720. The van der Waals surface area contributed by atoms with Gasteiger partial charge in [0.25, 0.3) is 0 Å². The van der Waals surface area contributed by atoms with E-state index >= 15 is 0 Å². The van der Waals surface area contributed by atoms with Crippen molar-refractivity contribution in [1.29, 1.82) is 0 Å². The highest BCUT2D eigenvalue weighted by Crippen LogP contribution is 2.31. The van der Waals surface area contributed by atoms with Gasteiger partial charge in [0.15, 0.2) is 0 Å². The van der Waals surface area contributed by atoms with Crippen LogP contribution in [-0.4, -0.2) is 30.1 Å². The summed E-state index contributed by atoms with van der Waals surface area (Å²) in [5.74, 6) is 0.265. The second kappa shape index (κ2) is 2.76. The molecule has 0 amide bonds. The topological polar surface area (TPSA) is 23.1 Å². The first-order valence-corrected chi connectivity index (χ1v) is 4.33. The fourth-order valence-corrected chi connectivity index (χ4v) is 1.66. The predicted molar refractivity (Wildman–Crippen MR) is 45.0 cm³/mol. The first-order chi connectivity index (χ1) is 4.96. The summed E-state index contributed by atoms with van der Waals surface area (Å²) in [6, 6.07) is 0. The summed E-state index contributed by atoms with van der Waals surface area (Å²) in [7, 11) is 2.10. The van der Waals surface area contributed by atoms with Gasteiger partial charge in [0.2, 0.25) is 0 Å². The van der Waals surface area contributed by atoms with E-state index in [1.165, 1.54) is 0 Å². The van der Waals surface area contributed by atoms with Gasteiger partial charge in [-0.1, -0.05) is 6.92 Å². The second-order valence-corrected chi connectivity index (χ2v) is 4.19. The van der Waals surface area contributed by atoms with E-state index in [1.807, 2.05) is 0 Å². The minimum Gasteiger partial charge on any atom is -0.301 e. The Labute approximate surface area is 69.2 Å². The maximum Gasteiger partial charge on any atom is 0.0985 e. The second-order valence-electron chi connectivity index (χ2n) is 4.19. The van der Waals surface area contributed by atoms with Gasteiger partial charge >= 0.3 is 0 Å². The first-order valence-electron chi connectivity index (χ1n) is 4.33. The van der Waals surface area contributed by atoms with Crippen molar-refractivity contribution in [3.8, 4) is 0 Å². The zero-order valence-corrected chi connectivity index (χ0v) is 7.92. The lowest BCUT2D eigenvalue weighted by atomic mass is 9.79. The van der Waals surface area contributed by atoms with Crippen LogP contribution in [0.25, 0.3) is 0 Å². The molecule has 65 valence electrons. The van der Waals surface area contributed by atoms with E-state index in [2.05, 4.69) is 32.7 Å². The van der Waals surface area contributed by atoms with E-state index in [1.54, 1.807) is 0 Å². The van der Waals surface area contributed by atoms with E-state index in [4.69, 9.17) is 0 Å². The van der Waals surface area contributed by atoms with E-state index in [-0.39, 0.29) is 17.6 Å². The summed E-state index contributed by atoms with van der Waals surface area (Å²) in [5.41, 5.74) is 0.0880. The standard InChI is InChI=1S/C9H18NO/c1-7-8(11)5-6-10(4)9(7,2)3/h7-8H,5-6H2,1-4H3. The van der Waals surface area contributed by atoms with Crippen LogP contribution < -0.4 is 0 Å². The van der Waals surface area contributed by atoms with Crippen LogP contribution in [0.5, 0.6) is 0 Å². The Balaban J connectivity index is 2.72. The number of hydrogen-bond donors (Lipinski definition) is 0. The number of rotatable bonds is 0. The molecule has 1 radical (unpaired) electrons. The molecular formula is C9H18NO. The molecule has 0 aromatic heterocycles. The molecule has 0 aromatic rings. The largest absolute Gasteiger partial charge is 0.301 e. The van der Waals surface area contributed by atoms with E-state index in [9.17, 15) is 5.11 Å². The average Bonchev–Trinajstić information content (AvgIpc) is 1.95. The molecule has 11 heavy (non-hydrogen) atoms. The maximum absolute atomic E-state index is 11.4. The number of likely N-dealkylation sites (tertiary alicyclic amines) is 1. The summed E-state index contributed by atoms with van der Waals surface area (Å²) in [4.78, 5) is 2.28. The molecule has 0 aromatic carbocycles. The molecule has 1 rings (SSSR count). The van der Waals surface area contributed by atoms with Gasteiger partial charge in [-0.2, -0.15) is 0 Å². The highest BCUT2D eigenvalue weighted by Gasteiger charge is 2.39. The van der Waals surface area contributed by atoms with Gasteiger partial charge in [-0.3, -0.25) is 0 Å². The smallest absolute Gasteiger partial charge is 0.0985 e. The van der Waals surface area contributed by atoms with Gasteiger partial charge in [-0.05, 0) is 27.3 Å². The predicted octanol–water partition coefficient (Wildman–Crippen LogP) is 1.54. The van der Waals surface area contributed by atoms with Crippen LogP contribution in [0.2, 0.25) is 0 Å². The Hall–Kier alpha value is -0.0800. The molecule has 2 heteroatoms. The van der Waals surface area contributed by atoms with Gasteiger partial charge in [-0.25, -0.2) is 5.11 Å². The molecule has 1 fully saturated rings. The highest BCUT2D eigenvalue weighted by atomic mass is 16.3. The molecule has 2 atom stereocenters. The normalized spacial score (nSPS) is 39.0. The van der Waals surface area contributed by atoms with Gasteiger partial charge < -0.3 is 4.90 Å². The summed E-state index contributed by atoms with van der Waals surface area (Å²) in [6.45, 7) is 7.32. The van der Waals surface area contributed by atoms with Gasteiger partial charge in [0.05, 0.1) is 6.10 Å². The first kappa shape index (κ1) is 9.01. The SMILES string of the molecule is CC1C([O])CCN(C)C1(C)C. The van der Waals surface area contributed by atoms with Crippen LogP contribution in [-0.2, 0) is 5.11 Å². The lowest BCUT2D eigenvalue weighted by Gasteiger charge is -2.46. The van der Waals surface area contributed by atoms with Crippen molar-refractivity contribution in [3.63, 3.8) is 0 Å². The summed E-state index contributed by atoms with van der Waals surface area (Å²) in [5, 5.41) is 11.4. The van der Waals surface area contributed by atoms with E-state index in [0.29, 0.717) is 0 Å². The molecule has 0 aliphatic carbocycles. The van der Waals surface area contributed by atoms with Crippen molar-refractivity contribution in [2.75, 3.05) is 13.6 Å². The quantitative estimate of drug-likeness (QED) is 0.521.